The topological polar surface area (TPSA) is 85.0 Å². The highest BCUT2D eigenvalue weighted by Gasteiger charge is 2.34. The molecule has 1 amide bonds. The molecule has 3 aromatic carbocycles. The number of hydrogen-bond acceptors (Lipinski definition) is 6. The van der Waals surface area contributed by atoms with E-state index in [0.29, 0.717) is 43.9 Å². The highest BCUT2D eigenvalue weighted by Crippen LogP contribution is 2.42. The number of phenols is 1. The van der Waals surface area contributed by atoms with Gasteiger partial charge in [-0.3, -0.25) is 4.79 Å². The van der Waals surface area contributed by atoms with E-state index in [2.05, 4.69) is 37.0 Å². The van der Waals surface area contributed by atoms with Crippen LogP contribution in [0.5, 0.6) is 17.2 Å². The molecule has 202 valence electrons. The largest absolute Gasteiger partial charge is 0.508 e. The number of ether oxygens (including phenoxy) is 2. The number of aryl methyl sites for hydroxylation is 3. The van der Waals surface area contributed by atoms with Crippen molar-refractivity contribution in [2.45, 2.75) is 45.6 Å². The summed E-state index contributed by atoms with van der Waals surface area (Å²) in [6, 6.07) is 17.4. The van der Waals surface area contributed by atoms with Crippen LogP contribution in [0.2, 0.25) is 0 Å². The lowest BCUT2D eigenvalue weighted by molar-refractivity contribution is -0.133. The molecule has 0 saturated carbocycles. The molecule has 7 heteroatoms. The van der Waals surface area contributed by atoms with Gasteiger partial charge in [0.15, 0.2) is 17.9 Å². The molecular formula is C32H34N2O5. The summed E-state index contributed by atoms with van der Waals surface area (Å²) in [7, 11) is 1.65. The molecule has 4 aromatic rings. The average molecular weight is 527 g/mol. The van der Waals surface area contributed by atoms with E-state index in [9.17, 15) is 9.90 Å². The lowest BCUT2D eigenvalue weighted by Gasteiger charge is -2.39. The maximum atomic E-state index is 13.6. The van der Waals surface area contributed by atoms with E-state index in [4.69, 9.17) is 13.9 Å². The van der Waals surface area contributed by atoms with Crippen molar-refractivity contribution in [3.8, 4) is 17.2 Å². The Balaban J connectivity index is 1.47. The Morgan fingerprint density at radius 2 is 1.95 bits per heavy atom. The smallest absolute Gasteiger partial charge is 0.223 e. The quantitative estimate of drug-likeness (QED) is 0.300. The highest BCUT2D eigenvalue weighted by atomic mass is 16.5. The number of oxazole rings is 1. The number of benzene rings is 3. The number of carbonyl (C=O) groups is 1. The highest BCUT2D eigenvalue weighted by molar-refractivity contribution is 5.78. The summed E-state index contributed by atoms with van der Waals surface area (Å²) in [6.45, 7) is 5.22. The Hall–Kier alpha value is -4.26. The number of aromatic hydroxyl groups is 1. The minimum Gasteiger partial charge on any atom is -0.508 e. The van der Waals surface area contributed by atoms with E-state index in [1.54, 1.807) is 25.5 Å². The van der Waals surface area contributed by atoms with Gasteiger partial charge in [-0.05, 0) is 72.4 Å². The van der Waals surface area contributed by atoms with Gasteiger partial charge >= 0.3 is 0 Å². The van der Waals surface area contributed by atoms with Crippen molar-refractivity contribution < 1.29 is 23.8 Å². The fraction of sp³-hybridized carbons (Fsp3) is 0.312. The first-order valence-corrected chi connectivity index (χ1v) is 13.3. The summed E-state index contributed by atoms with van der Waals surface area (Å²) in [4.78, 5) is 19.8. The minimum absolute atomic E-state index is 0.0794. The van der Waals surface area contributed by atoms with E-state index < -0.39 is 0 Å². The third-order valence-corrected chi connectivity index (χ3v) is 7.33. The Bertz CT molecular complexity index is 1450. The van der Waals surface area contributed by atoms with Crippen LogP contribution in [-0.2, 0) is 24.1 Å². The van der Waals surface area contributed by atoms with Gasteiger partial charge < -0.3 is 23.9 Å². The van der Waals surface area contributed by atoms with Crippen LogP contribution in [0.1, 0.15) is 51.5 Å². The number of nitrogens with zero attached hydrogens (tertiary/aromatic N) is 2. The van der Waals surface area contributed by atoms with Gasteiger partial charge in [-0.2, -0.15) is 0 Å². The zero-order chi connectivity index (χ0) is 27.4. The minimum atomic E-state index is -0.238. The van der Waals surface area contributed by atoms with Crippen LogP contribution in [0.3, 0.4) is 0 Å². The van der Waals surface area contributed by atoms with Crippen LogP contribution < -0.4 is 9.47 Å². The van der Waals surface area contributed by atoms with Gasteiger partial charge in [0, 0.05) is 25.8 Å². The number of amides is 1. The molecule has 1 N–H and O–H groups in total. The van der Waals surface area contributed by atoms with Gasteiger partial charge in [0.2, 0.25) is 5.91 Å². The Morgan fingerprint density at radius 1 is 1.08 bits per heavy atom. The summed E-state index contributed by atoms with van der Waals surface area (Å²) in [5, 5.41) is 9.78. The molecule has 7 nitrogen and oxygen atoms in total. The molecule has 0 bridgehead atoms. The van der Waals surface area contributed by atoms with Crippen molar-refractivity contribution in [3.05, 3.63) is 106 Å². The predicted molar refractivity (Wildman–Crippen MR) is 148 cm³/mol. The second-order valence-corrected chi connectivity index (χ2v) is 10.0. The Labute approximate surface area is 229 Å². The summed E-state index contributed by atoms with van der Waals surface area (Å²) >= 11 is 0. The Morgan fingerprint density at radius 3 is 2.69 bits per heavy atom. The van der Waals surface area contributed by atoms with Gasteiger partial charge in [0.1, 0.15) is 12.0 Å². The van der Waals surface area contributed by atoms with Crippen molar-refractivity contribution >= 4 is 5.91 Å². The second-order valence-electron chi connectivity index (χ2n) is 10.0. The molecule has 1 atom stereocenters. The fourth-order valence-electron chi connectivity index (χ4n) is 5.37. The number of carbonyl (C=O) groups excluding carboxylic acids is 1. The maximum Gasteiger partial charge on any atom is 0.223 e. The van der Waals surface area contributed by atoms with Gasteiger partial charge in [-0.15, -0.1) is 0 Å². The van der Waals surface area contributed by atoms with Crippen molar-refractivity contribution in [2.75, 3.05) is 20.3 Å². The summed E-state index contributed by atoms with van der Waals surface area (Å²) in [6.07, 6.45) is 5.24. The van der Waals surface area contributed by atoms with Crippen molar-refractivity contribution in [1.82, 2.24) is 9.88 Å². The first-order chi connectivity index (χ1) is 18.9. The molecule has 0 aliphatic carbocycles. The molecule has 5 rings (SSSR count). The van der Waals surface area contributed by atoms with Crippen molar-refractivity contribution in [1.29, 1.82) is 0 Å². The normalized spacial score (nSPS) is 14.6. The maximum absolute atomic E-state index is 13.6. The third kappa shape index (κ3) is 5.93. The van der Waals surface area contributed by atoms with Crippen LogP contribution in [0.4, 0.5) is 0 Å². The molecule has 0 radical (unpaired) electrons. The first kappa shape index (κ1) is 26.4. The first-order valence-electron chi connectivity index (χ1n) is 13.3. The van der Waals surface area contributed by atoms with E-state index in [0.717, 1.165) is 39.9 Å². The summed E-state index contributed by atoms with van der Waals surface area (Å²) in [5.74, 6) is 1.64. The Kier molecular flexibility index (Phi) is 7.87. The van der Waals surface area contributed by atoms with Crippen LogP contribution in [0, 0.1) is 13.8 Å². The summed E-state index contributed by atoms with van der Waals surface area (Å²) < 4.78 is 17.0. The molecule has 1 aliphatic heterocycles. The zero-order valence-electron chi connectivity index (χ0n) is 22.6. The lowest BCUT2D eigenvalue weighted by Crippen LogP contribution is -2.41. The van der Waals surface area contributed by atoms with Crippen molar-refractivity contribution in [3.63, 3.8) is 0 Å². The molecule has 1 aliphatic rings. The molecule has 2 heterocycles. The molecule has 1 aromatic heterocycles. The number of rotatable bonds is 9. The number of aromatic nitrogens is 1. The predicted octanol–water partition coefficient (Wildman–Crippen LogP) is 5.73. The number of methoxy groups -OCH3 is 1. The average Bonchev–Trinajstić information content (AvgIpc) is 3.45. The van der Waals surface area contributed by atoms with Gasteiger partial charge in [-0.25, -0.2) is 4.98 Å². The van der Waals surface area contributed by atoms with Gasteiger partial charge in [0.05, 0.1) is 25.5 Å². The van der Waals surface area contributed by atoms with Crippen LogP contribution in [0.15, 0.2) is 71.7 Å². The molecule has 1 unspecified atom stereocenters. The standard InChI is InChI=1S/C32H34N2O5/c1-21-7-9-27(22(2)15-21)32-28-18-30(39-14-12-23-5-4-6-26(35)16-23)29(37-3)17-24(28)11-13-34(32)31(36)10-8-25-19-38-20-33-25/h4-7,9,15-20,32,35H,8,10-14H2,1-3H3. The monoisotopic (exact) mass is 526 g/mol. The zero-order valence-corrected chi connectivity index (χ0v) is 22.6. The lowest BCUT2D eigenvalue weighted by atomic mass is 9.85. The van der Waals surface area contributed by atoms with Crippen LogP contribution in [-0.4, -0.2) is 41.2 Å². The molecule has 0 saturated heterocycles. The van der Waals surface area contributed by atoms with Crippen molar-refractivity contribution in [2.24, 2.45) is 0 Å². The fourth-order valence-corrected chi connectivity index (χ4v) is 5.37. The van der Waals surface area contributed by atoms with E-state index >= 15 is 0 Å². The van der Waals surface area contributed by atoms with Crippen LogP contribution in [0.25, 0.3) is 0 Å². The van der Waals surface area contributed by atoms with Crippen LogP contribution >= 0.6 is 0 Å². The molecule has 0 fully saturated rings. The third-order valence-electron chi connectivity index (χ3n) is 7.33. The van der Waals surface area contributed by atoms with E-state index in [-0.39, 0.29) is 17.7 Å². The number of fused-ring (bicyclic) bond motifs is 1. The summed E-state index contributed by atoms with van der Waals surface area (Å²) in [5.41, 5.74) is 7.40. The molecule has 39 heavy (non-hydrogen) atoms. The number of hydrogen-bond donors (Lipinski definition) is 1. The van der Waals surface area contributed by atoms with Gasteiger partial charge in [-0.1, -0.05) is 35.9 Å². The van der Waals surface area contributed by atoms with E-state index in [1.165, 1.54) is 12.0 Å². The molecular weight excluding hydrogens is 492 g/mol. The van der Waals surface area contributed by atoms with E-state index in [1.807, 2.05) is 29.2 Å². The SMILES string of the molecule is COc1cc2c(cc1OCCc1cccc(O)c1)C(c1ccc(C)cc1C)N(C(=O)CCc1cocn1)CC2. The molecule has 0 spiro atoms. The second kappa shape index (κ2) is 11.6. The number of phenolic OH excluding ortho intramolecular Hbond substituents is 1. The van der Waals surface area contributed by atoms with Gasteiger partial charge in [0.25, 0.3) is 0 Å².